The van der Waals surface area contributed by atoms with E-state index in [9.17, 15) is 0 Å². The van der Waals surface area contributed by atoms with E-state index >= 15 is 0 Å². The van der Waals surface area contributed by atoms with Crippen molar-refractivity contribution in [2.75, 3.05) is 6.26 Å². The van der Waals surface area contributed by atoms with E-state index in [0.717, 1.165) is 0 Å². The fourth-order valence-corrected chi connectivity index (χ4v) is 0.916. The Balaban J connectivity index is 0. The van der Waals surface area contributed by atoms with Gasteiger partial charge in [-0.15, -0.1) is 4.90 Å². The molecule has 0 aromatic heterocycles. The molecular weight excluding hydrogens is 206 g/mol. The Morgan fingerprint density at radius 1 is 1.27 bits per heavy atom. The molecule has 1 aromatic carbocycles. The molecule has 56 valence electrons. The van der Waals surface area contributed by atoms with Crippen LogP contribution in [0.2, 0.25) is 0 Å². The molecule has 0 spiro atoms. The van der Waals surface area contributed by atoms with Crippen molar-refractivity contribution in [3.8, 4) is 0 Å². The van der Waals surface area contributed by atoms with Crippen molar-refractivity contribution in [2.24, 2.45) is 0 Å². The third kappa shape index (κ3) is 6.59. The summed E-state index contributed by atoms with van der Waals surface area (Å²) in [4.78, 5) is 1.30. The largest absolute Gasteiger partial charge is 2.00 e. The summed E-state index contributed by atoms with van der Waals surface area (Å²) in [5.74, 6) is 0. The van der Waals surface area contributed by atoms with E-state index in [-0.39, 0.29) is 19.5 Å². The number of hydrogen-bond donors (Lipinski definition) is 0. The second-order valence-electron chi connectivity index (χ2n) is 1.44. The van der Waals surface area contributed by atoms with Gasteiger partial charge >= 0.3 is 19.5 Å². The van der Waals surface area contributed by atoms with Crippen LogP contribution in [0.1, 0.15) is 6.92 Å². The normalized spacial score (nSPS) is 7.18. The van der Waals surface area contributed by atoms with E-state index < -0.39 is 0 Å². The van der Waals surface area contributed by atoms with Crippen LogP contribution in [-0.4, -0.2) is 6.26 Å². The SMILES string of the molecule is CSc1cc[c-]cc1.[CH2-]C.[Zn+2]. The van der Waals surface area contributed by atoms with Crippen LogP contribution in [0.15, 0.2) is 29.2 Å². The first kappa shape index (κ1) is 13.8. The molecule has 1 aromatic rings. The molecule has 11 heavy (non-hydrogen) atoms. The smallest absolute Gasteiger partial charge is 0.346 e. The Kier molecular flexibility index (Phi) is 12.8. The van der Waals surface area contributed by atoms with Gasteiger partial charge in [0, 0.05) is 0 Å². The Labute approximate surface area is 86.5 Å². The maximum atomic E-state index is 3.25. The Bertz CT molecular complexity index is 151. The van der Waals surface area contributed by atoms with Gasteiger partial charge in [-0.05, 0) is 6.26 Å². The van der Waals surface area contributed by atoms with Gasteiger partial charge in [0.15, 0.2) is 0 Å². The standard InChI is InChI=1S/C7H7S.C2H5.Zn/c1-8-7-5-3-2-4-6-7;1-2;/h3-6H,1H3;1H2,2H3;/q2*-1;+2. The molecular formula is C9H12SZn. The Morgan fingerprint density at radius 3 is 2.00 bits per heavy atom. The van der Waals surface area contributed by atoms with Crippen molar-refractivity contribution in [3.05, 3.63) is 37.3 Å². The van der Waals surface area contributed by atoms with Crippen molar-refractivity contribution in [1.29, 1.82) is 0 Å². The molecule has 0 aliphatic heterocycles. The van der Waals surface area contributed by atoms with Gasteiger partial charge in [-0.3, -0.25) is 0 Å². The first-order valence-corrected chi connectivity index (χ1v) is 4.37. The van der Waals surface area contributed by atoms with Crippen molar-refractivity contribution in [1.82, 2.24) is 0 Å². The van der Waals surface area contributed by atoms with E-state index in [1.54, 1.807) is 18.7 Å². The number of rotatable bonds is 1. The molecule has 0 bridgehead atoms. The molecule has 0 unspecified atom stereocenters. The molecule has 0 radical (unpaired) electrons. The second-order valence-corrected chi connectivity index (χ2v) is 2.32. The molecule has 0 fully saturated rings. The predicted octanol–water partition coefficient (Wildman–Crippen LogP) is 3.05. The summed E-state index contributed by atoms with van der Waals surface area (Å²) in [5, 5.41) is 0. The van der Waals surface area contributed by atoms with Crippen LogP contribution in [-0.2, 0) is 19.5 Å². The monoisotopic (exact) mass is 216 g/mol. The quantitative estimate of drug-likeness (QED) is 0.396. The number of thioether (sulfide) groups is 1. The maximum absolute atomic E-state index is 3.25. The van der Waals surface area contributed by atoms with Crippen molar-refractivity contribution in [3.63, 3.8) is 0 Å². The van der Waals surface area contributed by atoms with Crippen LogP contribution < -0.4 is 0 Å². The van der Waals surface area contributed by atoms with Crippen LogP contribution in [0.25, 0.3) is 0 Å². The van der Waals surface area contributed by atoms with Crippen molar-refractivity contribution >= 4 is 11.8 Å². The van der Waals surface area contributed by atoms with E-state index in [0.29, 0.717) is 0 Å². The zero-order chi connectivity index (χ0) is 7.82. The minimum atomic E-state index is 0. The first-order valence-electron chi connectivity index (χ1n) is 3.14. The van der Waals surface area contributed by atoms with Gasteiger partial charge in [-0.2, -0.15) is 49.0 Å². The second kappa shape index (κ2) is 10.2. The van der Waals surface area contributed by atoms with Gasteiger partial charge in [0.1, 0.15) is 0 Å². The average molecular weight is 218 g/mol. The van der Waals surface area contributed by atoms with Crippen LogP contribution in [0.3, 0.4) is 0 Å². The maximum Gasteiger partial charge on any atom is 2.00 e. The first-order chi connectivity index (χ1) is 4.93. The zero-order valence-electron chi connectivity index (χ0n) is 7.13. The molecule has 0 heterocycles. The van der Waals surface area contributed by atoms with E-state index in [4.69, 9.17) is 0 Å². The van der Waals surface area contributed by atoms with E-state index in [2.05, 4.69) is 19.2 Å². The number of benzene rings is 1. The molecule has 0 N–H and O–H groups in total. The predicted molar refractivity (Wildman–Crippen MR) is 48.1 cm³/mol. The van der Waals surface area contributed by atoms with Gasteiger partial charge in [0.2, 0.25) is 0 Å². The molecule has 2 heteroatoms. The number of hydrogen-bond acceptors (Lipinski definition) is 1. The van der Waals surface area contributed by atoms with Crippen LogP contribution in [0.4, 0.5) is 0 Å². The van der Waals surface area contributed by atoms with Gasteiger partial charge in [-0.1, -0.05) is 0 Å². The molecule has 0 aliphatic rings. The summed E-state index contributed by atoms with van der Waals surface area (Å²) in [7, 11) is 0. The molecule has 0 amide bonds. The van der Waals surface area contributed by atoms with Gasteiger partial charge < -0.3 is 6.92 Å². The summed E-state index contributed by atoms with van der Waals surface area (Å²) in [6, 6.07) is 10.9. The molecule has 0 saturated heterocycles. The van der Waals surface area contributed by atoms with Crippen LogP contribution in [0.5, 0.6) is 0 Å². The minimum absolute atomic E-state index is 0. The van der Waals surface area contributed by atoms with Crippen molar-refractivity contribution < 1.29 is 19.5 Å². The molecule has 1 rings (SSSR count). The summed E-state index contributed by atoms with van der Waals surface area (Å²) in [6.45, 7) is 5.00. The third-order valence-electron chi connectivity index (χ3n) is 0.923. The summed E-state index contributed by atoms with van der Waals surface area (Å²) < 4.78 is 0. The Morgan fingerprint density at radius 2 is 1.73 bits per heavy atom. The third-order valence-corrected chi connectivity index (χ3v) is 1.67. The molecule has 0 saturated carbocycles. The van der Waals surface area contributed by atoms with Gasteiger partial charge in [0.05, 0.1) is 0 Å². The van der Waals surface area contributed by atoms with Crippen LogP contribution in [0, 0.1) is 13.0 Å². The molecule has 0 atom stereocenters. The van der Waals surface area contributed by atoms with E-state index in [1.807, 2.05) is 24.3 Å². The van der Waals surface area contributed by atoms with Crippen molar-refractivity contribution in [2.45, 2.75) is 11.8 Å². The summed E-state index contributed by atoms with van der Waals surface area (Å²) in [5.41, 5.74) is 0. The minimum Gasteiger partial charge on any atom is -0.346 e. The average Bonchev–Trinajstić information content (AvgIpc) is 2.10. The van der Waals surface area contributed by atoms with Gasteiger partial charge in [0.25, 0.3) is 0 Å². The molecule has 0 aliphatic carbocycles. The van der Waals surface area contributed by atoms with E-state index in [1.165, 1.54) is 4.90 Å². The molecule has 0 nitrogen and oxygen atoms in total. The summed E-state index contributed by atoms with van der Waals surface area (Å²) in [6.07, 6.45) is 2.06. The zero-order valence-corrected chi connectivity index (χ0v) is 10.9. The fourth-order valence-electron chi connectivity index (χ4n) is 0.508. The fraction of sp³-hybridized carbons (Fsp3) is 0.222. The topological polar surface area (TPSA) is 0 Å². The van der Waals surface area contributed by atoms with Crippen LogP contribution >= 0.6 is 11.8 Å². The van der Waals surface area contributed by atoms with Gasteiger partial charge in [-0.25, -0.2) is 0 Å². The Hall–Kier alpha value is 0.193. The summed E-state index contributed by atoms with van der Waals surface area (Å²) >= 11 is 1.75.